The zero-order chi connectivity index (χ0) is 19.7. The third-order valence-corrected chi connectivity index (χ3v) is 4.83. The first-order chi connectivity index (χ1) is 12.8. The van der Waals surface area contributed by atoms with Gasteiger partial charge in [0.25, 0.3) is 0 Å². The molecular formula is C22H22O5. The maximum Gasteiger partial charge on any atom is 0.167 e. The van der Waals surface area contributed by atoms with E-state index in [4.69, 9.17) is 4.74 Å². The fourth-order valence-electron chi connectivity index (χ4n) is 3.68. The zero-order valence-electron chi connectivity index (χ0n) is 15.6. The molecule has 140 valence electrons. The molecule has 0 spiro atoms. The smallest absolute Gasteiger partial charge is 0.167 e. The topological polar surface area (TPSA) is 83.8 Å². The lowest BCUT2D eigenvalue weighted by Crippen LogP contribution is -2.25. The van der Waals surface area contributed by atoms with E-state index in [9.17, 15) is 19.8 Å². The van der Waals surface area contributed by atoms with Crippen LogP contribution in [0.15, 0.2) is 70.2 Å². The Morgan fingerprint density at radius 1 is 0.889 bits per heavy atom. The van der Waals surface area contributed by atoms with Crippen molar-refractivity contribution in [1.29, 1.82) is 0 Å². The van der Waals surface area contributed by atoms with Crippen molar-refractivity contribution in [2.75, 3.05) is 7.11 Å². The van der Waals surface area contributed by atoms with E-state index in [1.807, 2.05) is 0 Å². The van der Waals surface area contributed by atoms with Crippen LogP contribution in [0.1, 0.15) is 38.2 Å². The molecule has 0 saturated heterocycles. The Balaban J connectivity index is 2.32. The number of aliphatic hydroxyl groups excluding tert-OH is 2. The van der Waals surface area contributed by atoms with E-state index in [1.54, 1.807) is 38.1 Å². The van der Waals surface area contributed by atoms with E-state index in [0.717, 1.165) is 11.1 Å². The third kappa shape index (κ3) is 3.45. The highest BCUT2D eigenvalue weighted by atomic mass is 16.5. The Bertz CT molecular complexity index is 889. The summed E-state index contributed by atoms with van der Waals surface area (Å²) < 4.78 is 5.43. The van der Waals surface area contributed by atoms with Gasteiger partial charge in [0, 0.05) is 29.6 Å². The highest BCUT2D eigenvalue weighted by Crippen LogP contribution is 2.43. The summed E-state index contributed by atoms with van der Waals surface area (Å²) in [6.07, 6.45) is 3.38. The molecular weight excluding hydrogens is 344 g/mol. The number of rotatable bonds is 4. The number of Topliss-reactive ketones (excluding diaryl/α,β-unsaturated/α-hetero) is 2. The van der Waals surface area contributed by atoms with E-state index in [0.29, 0.717) is 11.3 Å². The van der Waals surface area contributed by atoms with Gasteiger partial charge < -0.3 is 14.9 Å². The van der Waals surface area contributed by atoms with Crippen LogP contribution < -0.4 is 4.74 Å². The molecule has 0 amide bonds. The molecule has 0 bridgehead atoms. The van der Waals surface area contributed by atoms with Gasteiger partial charge in [-0.25, -0.2) is 0 Å². The van der Waals surface area contributed by atoms with Gasteiger partial charge >= 0.3 is 0 Å². The Hall–Kier alpha value is -3.08. The molecule has 27 heavy (non-hydrogen) atoms. The number of carbonyl (C=O) groups is 2. The van der Waals surface area contributed by atoms with Crippen molar-refractivity contribution in [3.8, 4) is 5.75 Å². The maximum atomic E-state index is 12.8. The Kier molecular flexibility index (Phi) is 5.04. The summed E-state index contributed by atoms with van der Waals surface area (Å²) in [5, 5.41) is 21.1. The van der Waals surface area contributed by atoms with Gasteiger partial charge in [0.2, 0.25) is 0 Å². The third-order valence-electron chi connectivity index (χ3n) is 4.83. The first kappa shape index (κ1) is 18.7. The summed E-state index contributed by atoms with van der Waals surface area (Å²) in [4.78, 5) is 25.6. The van der Waals surface area contributed by atoms with Gasteiger partial charge in [-0.05, 0) is 32.1 Å². The van der Waals surface area contributed by atoms with Crippen LogP contribution in [0.4, 0.5) is 0 Å². The van der Waals surface area contributed by atoms with Crippen molar-refractivity contribution in [1.82, 2.24) is 0 Å². The molecule has 1 aromatic rings. The zero-order valence-corrected chi connectivity index (χ0v) is 15.6. The average molecular weight is 366 g/mol. The number of ketones is 2. The van der Waals surface area contributed by atoms with Gasteiger partial charge in [0.05, 0.1) is 13.0 Å². The van der Waals surface area contributed by atoms with Gasteiger partial charge in [-0.1, -0.05) is 29.3 Å². The minimum atomic E-state index is -0.908. The molecule has 1 aromatic carbocycles. The van der Waals surface area contributed by atoms with Gasteiger partial charge in [-0.15, -0.1) is 0 Å². The van der Waals surface area contributed by atoms with Crippen LogP contribution in [0.3, 0.4) is 0 Å². The van der Waals surface area contributed by atoms with Crippen molar-refractivity contribution < 1.29 is 24.5 Å². The number of hydrogen-bond donors (Lipinski definition) is 2. The number of carbonyl (C=O) groups excluding carboxylic acids is 2. The number of methoxy groups -OCH3 is 1. The summed E-state index contributed by atoms with van der Waals surface area (Å²) in [6.45, 7) is 3.52. The lowest BCUT2D eigenvalue weighted by molar-refractivity contribution is -0.115. The average Bonchev–Trinajstić information content (AvgIpc) is 2.58. The number of para-hydroxylation sites is 1. The molecule has 0 radical (unpaired) electrons. The predicted molar refractivity (Wildman–Crippen MR) is 102 cm³/mol. The maximum absolute atomic E-state index is 12.8. The van der Waals surface area contributed by atoms with Gasteiger partial charge in [0.15, 0.2) is 11.6 Å². The second kappa shape index (κ2) is 7.27. The standard InChI is InChI=1S/C22H22O5/c1-12-8-15(23)21(16(24)9-12)20(14-6-4-5-7-19(14)27-3)22-17(25)10-13(2)11-18(22)26/h4-8,10,20,23,25H,9,11H2,1-3H3. The molecule has 0 saturated carbocycles. The summed E-state index contributed by atoms with van der Waals surface area (Å²) in [5.41, 5.74) is 2.24. The second-order valence-electron chi connectivity index (χ2n) is 6.95. The van der Waals surface area contributed by atoms with Crippen molar-refractivity contribution in [2.24, 2.45) is 0 Å². The van der Waals surface area contributed by atoms with Crippen LogP contribution in [-0.4, -0.2) is 28.9 Å². The summed E-state index contributed by atoms with van der Waals surface area (Å²) in [7, 11) is 1.50. The Morgan fingerprint density at radius 3 is 1.81 bits per heavy atom. The second-order valence-corrected chi connectivity index (χ2v) is 6.95. The molecule has 0 fully saturated rings. The van der Waals surface area contributed by atoms with Crippen LogP contribution in [0, 0.1) is 0 Å². The largest absolute Gasteiger partial charge is 0.508 e. The molecule has 5 nitrogen and oxygen atoms in total. The fraction of sp³-hybridized carbons (Fsp3) is 0.273. The van der Waals surface area contributed by atoms with E-state index in [-0.39, 0.29) is 47.1 Å². The van der Waals surface area contributed by atoms with Crippen LogP contribution in [-0.2, 0) is 9.59 Å². The summed E-state index contributed by atoms with van der Waals surface area (Å²) in [5.74, 6) is -1.35. The predicted octanol–water partition coefficient (Wildman–Crippen LogP) is 4.24. The monoisotopic (exact) mass is 366 g/mol. The molecule has 0 unspecified atom stereocenters. The molecule has 2 aliphatic rings. The van der Waals surface area contributed by atoms with Crippen LogP contribution in [0.25, 0.3) is 0 Å². The van der Waals surface area contributed by atoms with E-state index in [2.05, 4.69) is 0 Å². The Labute approximate surface area is 158 Å². The minimum absolute atomic E-state index is 0.105. The molecule has 2 N–H and O–H groups in total. The molecule has 3 rings (SSSR count). The van der Waals surface area contributed by atoms with Crippen molar-refractivity contribution in [3.05, 3.63) is 75.8 Å². The minimum Gasteiger partial charge on any atom is -0.508 e. The molecule has 5 heteroatoms. The lowest BCUT2D eigenvalue weighted by atomic mass is 9.75. The van der Waals surface area contributed by atoms with Crippen LogP contribution in [0.5, 0.6) is 5.75 Å². The quantitative estimate of drug-likeness (QED) is 0.833. The number of hydrogen-bond acceptors (Lipinski definition) is 5. The fourth-order valence-corrected chi connectivity index (χ4v) is 3.68. The highest BCUT2D eigenvalue weighted by Gasteiger charge is 2.38. The number of aliphatic hydroxyl groups is 2. The summed E-state index contributed by atoms with van der Waals surface area (Å²) in [6, 6.07) is 7.01. The highest BCUT2D eigenvalue weighted by molar-refractivity contribution is 6.07. The van der Waals surface area contributed by atoms with Gasteiger partial charge in [0.1, 0.15) is 17.3 Å². The Morgan fingerprint density at radius 2 is 1.37 bits per heavy atom. The SMILES string of the molecule is COc1ccccc1C(C1=C(O)C=C(C)CC1=O)C1=C(O)C=C(C)CC1=O. The van der Waals surface area contributed by atoms with Crippen molar-refractivity contribution >= 4 is 11.6 Å². The van der Waals surface area contributed by atoms with Gasteiger partial charge in [-0.3, -0.25) is 9.59 Å². The number of ether oxygens (including phenoxy) is 1. The van der Waals surface area contributed by atoms with Crippen LogP contribution in [0.2, 0.25) is 0 Å². The van der Waals surface area contributed by atoms with E-state index < -0.39 is 5.92 Å². The molecule has 2 aliphatic carbocycles. The summed E-state index contributed by atoms with van der Waals surface area (Å²) >= 11 is 0. The number of benzene rings is 1. The van der Waals surface area contributed by atoms with Crippen LogP contribution >= 0.6 is 0 Å². The van der Waals surface area contributed by atoms with E-state index >= 15 is 0 Å². The molecule has 0 atom stereocenters. The van der Waals surface area contributed by atoms with E-state index in [1.165, 1.54) is 19.3 Å². The molecule has 0 aliphatic heterocycles. The van der Waals surface area contributed by atoms with Gasteiger partial charge in [-0.2, -0.15) is 0 Å². The number of allylic oxidation sites excluding steroid dienone is 6. The van der Waals surface area contributed by atoms with Crippen molar-refractivity contribution in [3.63, 3.8) is 0 Å². The molecule has 0 aromatic heterocycles. The first-order valence-electron chi connectivity index (χ1n) is 8.73. The normalized spacial score (nSPS) is 18.1. The lowest BCUT2D eigenvalue weighted by Gasteiger charge is -2.28. The molecule has 0 heterocycles. The first-order valence-corrected chi connectivity index (χ1v) is 8.73. The van der Waals surface area contributed by atoms with Crippen molar-refractivity contribution in [2.45, 2.75) is 32.6 Å².